The molecule has 0 bridgehead atoms. The SMILES string of the molecule is [2H]c1c([2H])c([2H])c(-c2cc(C(C)(C)C)cc(-c3cc(C(C)(C)C)cc(C(C)(C)C)c3)c2N2CN(c3cccc(Oc4ccc5c(c4)N(c4cc(C(C)(C)C)ccn4)c4ccccc4[Si]54c5ccc(C)cc5-c5cc(C)ccc54)c3)c3ccccc32)c([2H])c1[2H]. The standard InChI is InChI=1S/C78H78N4OSi/c1-50-31-34-69-63(39-50)64-40-51(2)32-35-70(64)84(69)71-30-21-20-29-67(71)82(73-46-54(37-38-79-73)75(3,4)5)68-48-60(33-36-72(68)84)83-59-26-22-25-58(47-59)80-49-81(66-28-19-18-27-65(66)80)74-61(52-23-16-15-17-24-52)44-57(78(12,13)14)45-62(74)53-41-55(76(6,7)8)43-56(42-53)77(9,10)11/h15-48H,49H2,1-14H3/i15D,16D,17D,23D,24D. The predicted molar refractivity (Wildman–Crippen MR) is 359 cm³/mol. The van der Waals surface area contributed by atoms with E-state index in [-0.39, 0.29) is 51.4 Å². The molecule has 0 amide bonds. The largest absolute Gasteiger partial charge is 0.457 e. The number of aryl methyl sites for hydroxylation is 2. The Morgan fingerprint density at radius 1 is 0.429 bits per heavy atom. The molecule has 0 atom stereocenters. The molecule has 6 heteroatoms. The van der Waals surface area contributed by atoms with Crippen LogP contribution in [-0.2, 0) is 21.7 Å². The molecule has 4 heterocycles. The second-order valence-electron chi connectivity index (χ2n) is 27.6. The number of para-hydroxylation sites is 3. The van der Waals surface area contributed by atoms with Gasteiger partial charge in [0.1, 0.15) is 24.0 Å². The maximum Gasteiger partial charge on any atom is 0.185 e. The van der Waals surface area contributed by atoms with Crippen LogP contribution < -0.4 is 40.2 Å². The van der Waals surface area contributed by atoms with Gasteiger partial charge < -0.3 is 14.5 Å². The van der Waals surface area contributed by atoms with E-state index in [1.807, 2.05) is 24.4 Å². The van der Waals surface area contributed by atoms with Crippen LogP contribution in [0.2, 0.25) is 0 Å². The third kappa shape index (κ3) is 9.25. The zero-order valence-corrected chi connectivity index (χ0v) is 52.1. The van der Waals surface area contributed by atoms with E-state index < -0.39 is 14.1 Å². The van der Waals surface area contributed by atoms with Crippen molar-refractivity contribution in [2.45, 2.75) is 119 Å². The van der Waals surface area contributed by atoms with Crippen molar-refractivity contribution in [3.05, 3.63) is 240 Å². The maximum absolute atomic E-state index is 9.57. The van der Waals surface area contributed by atoms with Gasteiger partial charge >= 0.3 is 0 Å². The molecule has 13 rings (SSSR count). The van der Waals surface area contributed by atoms with E-state index in [0.717, 1.165) is 56.6 Å². The number of benzene rings is 9. The maximum atomic E-state index is 9.57. The summed E-state index contributed by atoms with van der Waals surface area (Å²) in [4.78, 5) is 12.1. The van der Waals surface area contributed by atoms with Gasteiger partial charge in [-0.2, -0.15) is 0 Å². The number of nitrogens with zero attached hydrogens (tertiary/aromatic N) is 4. The lowest BCUT2D eigenvalue weighted by Gasteiger charge is -2.43. The molecular weight excluding hydrogens is 1040 g/mol. The molecule has 10 aromatic rings. The van der Waals surface area contributed by atoms with Crippen molar-refractivity contribution in [3.63, 3.8) is 0 Å². The second kappa shape index (κ2) is 19.8. The third-order valence-electron chi connectivity index (χ3n) is 17.6. The van der Waals surface area contributed by atoms with Gasteiger partial charge in [-0.05, 0) is 161 Å². The first-order valence-electron chi connectivity index (χ1n) is 32.1. The van der Waals surface area contributed by atoms with Gasteiger partial charge in [-0.15, -0.1) is 0 Å². The van der Waals surface area contributed by atoms with E-state index in [9.17, 15) is 2.74 Å². The van der Waals surface area contributed by atoms with Crippen molar-refractivity contribution in [2.24, 2.45) is 0 Å². The zero-order chi connectivity index (χ0) is 63.2. The first-order valence-corrected chi connectivity index (χ1v) is 31.6. The van der Waals surface area contributed by atoms with E-state index in [0.29, 0.717) is 23.7 Å². The fraction of sp³-hybridized carbons (Fsp3) is 0.244. The van der Waals surface area contributed by atoms with E-state index in [4.69, 9.17) is 13.8 Å². The monoisotopic (exact) mass is 1120 g/mol. The number of hydrogen-bond donors (Lipinski definition) is 0. The minimum Gasteiger partial charge on any atom is -0.457 e. The van der Waals surface area contributed by atoms with Crippen molar-refractivity contribution in [1.29, 1.82) is 0 Å². The van der Waals surface area contributed by atoms with Gasteiger partial charge in [0.15, 0.2) is 8.07 Å². The number of hydrogen-bond acceptors (Lipinski definition) is 5. The highest BCUT2D eigenvalue weighted by Gasteiger charge is 2.54. The summed E-state index contributed by atoms with van der Waals surface area (Å²) in [7, 11) is -2.97. The van der Waals surface area contributed by atoms with Crippen LogP contribution >= 0.6 is 0 Å². The fourth-order valence-electron chi connectivity index (χ4n) is 13.0. The molecule has 0 aliphatic carbocycles. The lowest BCUT2D eigenvalue weighted by Crippen LogP contribution is -2.75. The van der Waals surface area contributed by atoms with Crippen LogP contribution in [0.4, 0.5) is 39.9 Å². The van der Waals surface area contributed by atoms with E-state index in [1.165, 1.54) is 59.7 Å². The van der Waals surface area contributed by atoms with Crippen LogP contribution in [0.1, 0.15) is 123 Å². The third-order valence-corrected chi connectivity index (χ3v) is 22.5. The van der Waals surface area contributed by atoms with Crippen molar-refractivity contribution < 1.29 is 11.6 Å². The summed E-state index contributed by atoms with van der Waals surface area (Å²) < 4.78 is 53.1. The van der Waals surface area contributed by atoms with Crippen LogP contribution in [0.3, 0.4) is 0 Å². The van der Waals surface area contributed by atoms with Crippen LogP contribution in [-0.4, -0.2) is 19.7 Å². The highest BCUT2D eigenvalue weighted by molar-refractivity contribution is 7.23. The van der Waals surface area contributed by atoms with Gasteiger partial charge in [-0.25, -0.2) is 4.98 Å². The van der Waals surface area contributed by atoms with Crippen LogP contribution in [0.25, 0.3) is 33.4 Å². The second-order valence-corrected chi connectivity index (χ2v) is 31.2. The average molecular weight is 1120 g/mol. The number of ether oxygens (including phenoxy) is 1. The number of aromatic nitrogens is 1. The Labute approximate surface area is 507 Å². The summed E-state index contributed by atoms with van der Waals surface area (Å²) in [6.45, 7) is 31.4. The van der Waals surface area contributed by atoms with Gasteiger partial charge in [-0.3, -0.25) is 4.90 Å². The molecule has 420 valence electrons. The molecule has 3 aliphatic heterocycles. The number of rotatable bonds is 7. The summed E-state index contributed by atoms with van der Waals surface area (Å²) in [5.74, 6) is 2.20. The molecule has 0 N–H and O–H groups in total. The summed E-state index contributed by atoms with van der Waals surface area (Å²) in [6, 6.07) is 60.5. The van der Waals surface area contributed by atoms with Gasteiger partial charge in [0.25, 0.3) is 0 Å². The van der Waals surface area contributed by atoms with E-state index in [1.54, 1.807) is 0 Å². The zero-order valence-electron chi connectivity index (χ0n) is 56.1. The molecule has 1 aromatic heterocycles. The molecule has 0 saturated heterocycles. The van der Waals surface area contributed by atoms with Gasteiger partial charge in [-0.1, -0.05) is 221 Å². The Bertz CT molecular complexity index is 4450. The minimum atomic E-state index is -2.97. The van der Waals surface area contributed by atoms with Crippen LogP contribution in [0, 0.1) is 13.8 Å². The van der Waals surface area contributed by atoms with Crippen LogP contribution in [0.5, 0.6) is 11.5 Å². The Hall–Kier alpha value is -8.45. The molecule has 0 unspecified atom stereocenters. The van der Waals surface area contributed by atoms with Crippen molar-refractivity contribution >= 4 is 68.8 Å². The quantitative estimate of drug-likeness (QED) is 0.149. The van der Waals surface area contributed by atoms with Crippen molar-refractivity contribution in [3.8, 4) is 44.9 Å². The first-order chi connectivity index (χ1) is 42.0. The fourth-order valence-corrected chi connectivity index (χ4v) is 18.5. The Kier molecular flexibility index (Phi) is 11.6. The molecule has 5 nitrogen and oxygen atoms in total. The summed E-state index contributed by atoms with van der Waals surface area (Å²) >= 11 is 0. The lowest BCUT2D eigenvalue weighted by atomic mass is 9.77. The number of anilines is 7. The van der Waals surface area contributed by atoms with Crippen molar-refractivity contribution in [2.75, 3.05) is 21.4 Å². The molecule has 3 aliphatic rings. The summed E-state index contributed by atoms with van der Waals surface area (Å²) in [5, 5.41) is 5.38. The molecular formula is C78H78N4OSi. The topological polar surface area (TPSA) is 31.8 Å². The number of pyridine rings is 1. The van der Waals surface area contributed by atoms with E-state index >= 15 is 0 Å². The molecule has 9 aromatic carbocycles. The predicted octanol–water partition coefficient (Wildman–Crippen LogP) is 18.4. The minimum absolute atomic E-state index is 0.117. The average Bonchev–Trinajstić information content (AvgIpc) is 1.59. The lowest BCUT2D eigenvalue weighted by molar-refractivity contribution is 0.483. The highest BCUT2D eigenvalue weighted by Crippen LogP contribution is 2.53. The van der Waals surface area contributed by atoms with E-state index in [2.05, 4.69) is 263 Å². The Morgan fingerprint density at radius 3 is 1.58 bits per heavy atom. The Morgan fingerprint density at radius 2 is 0.964 bits per heavy atom. The van der Waals surface area contributed by atoms with Gasteiger partial charge in [0.05, 0.1) is 29.6 Å². The van der Waals surface area contributed by atoms with Crippen LogP contribution in [0.15, 0.2) is 206 Å². The Balaban J connectivity index is 0.976. The molecule has 0 saturated carbocycles. The summed E-state index contributed by atoms with van der Waals surface area (Å²) in [5.41, 5.74) is 17.0. The van der Waals surface area contributed by atoms with Crippen molar-refractivity contribution in [1.82, 2.24) is 4.98 Å². The smallest absolute Gasteiger partial charge is 0.185 e. The molecule has 0 fully saturated rings. The molecule has 0 radical (unpaired) electrons. The van der Waals surface area contributed by atoms with Gasteiger partial charge in [0.2, 0.25) is 0 Å². The highest BCUT2D eigenvalue weighted by atomic mass is 28.3. The number of fused-ring (bicyclic) bond motifs is 10. The molecule has 84 heavy (non-hydrogen) atoms. The molecule has 1 spiro atoms. The summed E-state index contributed by atoms with van der Waals surface area (Å²) in [6.07, 6.45) is 1.95. The normalized spacial score (nSPS) is 15.1. The first kappa shape index (κ1) is 49.0. The van der Waals surface area contributed by atoms with Gasteiger partial charge in [0, 0.05) is 40.8 Å².